The number of carbonyl (C=O) groups is 1. The van der Waals surface area contributed by atoms with Crippen molar-refractivity contribution in [3.05, 3.63) is 25.3 Å². The molecule has 0 saturated heterocycles. The van der Waals surface area contributed by atoms with Gasteiger partial charge in [-0.05, 0) is 19.3 Å². The highest BCUT2D eigenvalue weighted by atomic mass is 16.7. The van der Waals surface area contributed by atoms with Crippen molar-refractivity contribution in [1.82, 2.24) is 0 Å². The lowest BCUT2D eigenvalue weighted by Crippen LogP contribution is -2.08. The summed E-state index contributed by atoms with van der Waals surface area (Å²) in [6.07, 6.45) is 12.3. The number of ether oxygens (including phenoxy) is 2. The topological polar surface area (TPSA) is 35.5 Å². The van der Waals surface area contributed by atoms with E-state index in [-0.39, 0.29) is 6.61 Å². The van der Waals surface area contributed by atoms with E-state index in [1.807, 2.05) is 6.08 Å². The minimum atomic E-state index is -0.598. The summed E-state index contributed by atoms with van der Waals surface area (Å²) in [7, 11) is 0. The van der Waals surface area contributed by atoms with Crippen LogP contribution in [0.4, 0.5) is 4.79 Å². The molecule has 0 N–H and O–H groups in total. The standard InChI is InChI=1S/C15H26O3/c1-3-5-6-7-8-9-10-11-12-14-18-15(16)17-13-4-2/h3-4H,1-2,5-14H2. The van der Waals surface area contributed by atoms with Crippen LogP contribution in [0.25, 0.3) is 0 Å². The Morgan fingerprint density at radius 2 is 1.44 bits per heavy atom. The Balaban J connectivity index is 3.08. The van der Waals surface area contributed by atoms with Gasteiger partial charge < -0.3 is 9.47 Å². The predicted octanol–water partition coefficient (Wildman–Crippen LogP) is 4.63. The van der Waals surface area contributed by atoms with E-state index in [2.05, 4.69) is 17.9 Å². The van der Waals surface area contributed by atoms with Crippen molar-refractivity contribution < 1.29 is 14.3 Å². The maximum Gasteiger partial charge on any atom is 0.508 e. The molecule has 0 aliphatic heterocycles. The molecule has 3 heteroatoms. The van der Waals surface area contributed by atoms with E-state index in [0.717, 1.165) is 19.3 Å². The first-order valence-corrected chi connectivity index (χ1v) is 6.82. The van der Waals surface area contributed by atoms with E-state index < -0.39 is 6.16 Å². The number of hydrogen-bond acceptors (Lipinski definition) is 3. The third kappa shape index (κ3) is 12.8. The molecule has 0 radical (unpaired) electrons. The molecule has 0 aromatic heterocycles. The maximum absolute atomic E-state index is 10.9. The van der Waals surface area contributed by atoms with Gasteiger partial charge in [-0.1, -0.05) is 50.8 Å². The van der Waals surface area contributed by atoms with E-state index >= 15 is 0 Å². The molecule has 0 saturated carbocycles. The van der Waals surface area contributed by atoms with Gasteiger partial charge in [0.25, 0.3) is 0 Å². The van der Waals surface area contributed by atoms with Gasteiger partial charge in [-0.3, -0.25) is 0 Å². The summed E-state index contributed by atoms with van der Waals surface area (Å²) < 4.78 is 9.57. The molecule has 3 nitrogen and oxygen atoms in total. The lowest BCUT2D eigenvalue weighted by molar-refractivity contribution is 0.0620. The zero-order valence-electron chi connectivity index (χ0n) is 11.4. The fraction of sp³-hybridized carbons (Fsp3) is 0.667. The van der Waals surface area contributed by atoms with Gasteiger partial charge in [0.2, 0.25) is 0 Å². The van der Waals surface area contributed by atoms with E-state index in [4.69, 9.17) is 4.74 Å². The molecular formula is C15H26O3. The summed E-state index contributed by atoms with van der Waals surface area (Å²) in [5, 5.41) is 0. The normalized spacial score (nSPS) is 9.78. The predicted molar refractivity (Wildman–Crippen MR) is 74.6 cm³/mol. The molecule has 0 aromatic carbocycles. The van der Waals surface area contributed by atoms with Crippen molar-refractivity contribution in [3.8, 4) is 0 Å². The van der Waals surface area contributed by atoms with E-state index in [9.17, 15) is 4.79 Å². The third-order valence-corrected chi connectivity index (χ3v) is 2.59. The highest BCUT2D eigenvalue weighted by molar-refractivity contribution is 5.59. The van der Waals surface area contributed by atoms with Crippen LogP contribution in [0.1, 0.15) is 51.4 Å². The highest BCUT2D eigenvalue weighted by Gasteiger charge is 2.00. The molecular weight excluding hydrogens is 228 g/mol. The lowest BCUT2D eigenvalue weighted by Gasteiger charge is -2.04. The molecule has 0 atom stereocenters. The molecule has 0 aliphatic rings. The van der Waals surface area contributed by atoms with Crippen LogP contribution in [0.2, 0.25) is 0 Å². The number of rotatable bonds is 12. The third-order valence-electron chi connectivity index (χ3n) is 2.59. The molecule has 0 unspecified atom stereocenters. The first-order valence-electron chi connectivity index (χ1n) is 6.82. The molecule has 0 rings (SSSR count). The second-order valence-corrected chi connectivity index (χ2v) is 4.25. The summed E-state index contributed by atoms with van der Waals surface area (Å²) in [6, 6.07) is 0. The van der Waals surface area contributed by atoms with E-state index in [0.29, 0.717) is 6.61 Å². The minimum absolute atomic E-state index is 0.212. The molecule has 104 valence electrons. The number of hydrogen-bond donors (Lipinski definition) is 0. The quantitative estimate of drug-likeness (QED) is 0.289. The highest BCUT2D eigenvalue weighted by Crippen LogP contribution is 2.08. The van der Waals surface area contributed by atoms with Crippen LogP contribution >= 0.6 is 0 Å². The Morgan fingerprint density at radius 1 is 0.833 bits per heavy atom. The molecule has 0 heterocycles. The van der Waals surface area contributed by atoms with Crippen molar-refractivity contribution in [3.63, 3.8) is 0 Å². The zero-order chi connectivity index (χ0) is 13.5. The summed E-state index contributed by atoms with van der Waals surface area (Å²) in [5.74, 6) is 0. The van der Waals surface area contributed by atoms with Gasteiger partial charge in [0.05, 0.1) is 6.61 Å². The van der Waals surface area contributed by atoms with Crippen LogP contribution in [-0.2, 0) is 9.47 Å². The molecule has 0 aromatic rings. The van der Waals surface area contributed by atoms with Crippen molar-refractivity contribution in [2.24, 2.45) is 0 Å². The van der Waals surface area contributed by atoms with Crippen molar-refractivity contribution in [1.29, 1.82) is 0 Å². The summed E-state index contributed by atoms with van der Waals surface area (Å²) in [6.45, 7) is 7.82. The molecule has 18 heavy (non-hydrogen) atoms. The number of carbonyl (C=O) groups excluding carboxylic acids is 1. The van der Waals surface area contributed by atoms with Gasteiger partial charge in [-0.2, -0.15) is 0 Å². The van der Waals surface area contributed by atoms with Gasteiger partial charge in [0.15, 0.2) is 0 Å². The number of allylic oxidation sites excluding steroid dienone is 1. The van der Waals surface area contributed by atoms with Gasteiger partial charge in [0, 0.05) is 0 Å². The van der Waals surface area contributed by atoms with Crippen LogP contribution in [0, 0.1) is 0 Å². The Bertz CT molecular complexity index is 224. The number of unbranched alkanes of at least 4 members (excludes halogenated alkanes) is 7. The Kier molecular flexibility index (Phi) is 12.9. The van der Waals surface area contributed by atoms with Crippen molar-refractivity contribution in [2.75, 3.05) is 13.2 Å². The Hall–Kier alpha value is -1.25. The summed E-state index contributed by atoms with van der Waals surface area (Å²) >= 11 is 0. The van der Waals surface area contributed by atoms with Gasteiger partial charge >= 0.3 is 6.16 Å². The smallest absolute Gasteiger partial charge is 0.434 e. The Labute approximate surface area is 111 Å². The van der Waals surface area contributed by atoms with Crippen LogP contribution in [-0.4, -0.2) is 19.4 Å². The first kappa shape index (κ1) is 16.8. The largest absolute Gasteiger partial charge is 0.508 e. The molecule has 0 bridgehead atoms. The van der Waals surface area contributed by atoms with Gasteiger partial charge in [-0.25, -0.2) is 4.79 Å². The molecule has 0 spiro atoms. The monoisotopic (exact) mass is 254 g/mol. The summed E-state index contributed by atoms with van der Waals surface area (Å²) in [5.41, 5.74) is 0. The maximum atomic E-state index is 10.9. The van der Waals surface area contributed by atoms with Crippen LogP contribution in [0.5, 0.6) is 0 Å². The van der Waals surface area contributed by atoms with Crippen LogP contribution in [0.15, 0.2) is 25.3 Å². The van der Waals surface area contributed by atoms with Crippen LogP contribution < -0.4 is 0 Å². The minimum Gasteiger partial charge on any atom is -0.434 e. The molecule has 0 amide bonds. The molecule has 0 aliphatic carbocycles. The van der Waals surface area contributed by atoms with E-state index in [1.54, 1.807) is 0 Å². The lowest BCUT2D eigenvalue weighted by atomic mass is 10.1. The van der Waals surface area contributed by atoms with Gasteiger partial charge in [0.1, 0.15) is 6.61 Å². The Morgan fingerprint density at radius 3 is 2.06 bits per heavy atom. The SMILES string of the molecule is C=CCCCCCCCCCOC(=O)OCC=C. The van der Waals surface area contributed by atoms with E-state index in [1.165, 1.54) is 38.2 Å². The van der Waals surface area contributed by atoms with Gasteiger partial charge in [-0.15, -0.1) is 6.58 Å². The van der Waals surface area contributed by atoms with Crippen molar-refractivity contribution in [2.45, 2.75) is 51.4 Å². The first-order chi connectivity index (χ1) is 8.81. The van der Waals surface area contributed by atoms with Crippen LogP contribution in [0.3, 0.4) is 0 Å². The summed E-state index contributed by atoms with van der Waals surface area (Å²) in [4.78, 5) is 10.9. The van der Waals surface area contributed by atoms with Crippen molar-refractivity contribution >= 4 is 6.16 Å². The average Bonchev–Trinajstić information content (AvgIpc) is 2.38. The zero-order valence-corrected chi connectivity index (χ0v) is 11.4. The molecule has 0 fully saturated rings. The second kappa shape index (κ2) is 13.8. The fourth-order valence-electron chi connectivity index (χ4n) is 1.60. The average molecular weight is 254 g/mol. The fourth-order valence-corrected chi connectivity index (χ4v) is 1.60. The second-order valence-electron chi connectivity index (χ2n) is 4.25.